The van der Waals surface area contributed by atoms with Gasteiger partial charge in [-0.1, -0.05) is 18.6 Å². The van der Waals surface area contributed by atoms with Crippen LogP contribution in [0.5, 0.6) is 5.75 Å². The van der Waals surface area contributed by atoms with E-state index in [1.54, 1.807) is 24.3 Å². The Kier molecular flexibility index (Phi) is 6.42. The van der Waals surface area contributed by atoms with Crippen LogP contribution in [0, 0.1) is 19.4 Å². The lowest BCUT2D eigenvalue weighted by Gasteiger charge is -2.16. The van der Waals surface area contributed by atoms with Crippen LogP contribution < -0.4 is 4.74 Å². The maximum Gasteiger partial charge on any atom is 0.422 e. The second kappa shape index (κ2) is 8.87. The Balaban J connectivity index is 1.95. The van der Waals surface area contributed by atoms with Gasteiger partial charge in [0.25, 0.3) is 0 Å². The zero-order valence-electron chi connectivity index (χ0n) is 16.5. The number of carbonyl (C=O) groups is 1. The van der Waals surface area contributed by atoms with Crippen molar-refractivity contribution in [3.8, 4) is 18.2 Å². The molecular formula is C20H17F3N4O3S. The number of benzene rings is 1. The predicted octanol–water partition coefficient (Wildman–Crippen LogP) is 3.48. The van der Waals surface area contributed by atoms with Gasteiger partial charge in [0.1, 0.15) is 5.75 Å². The maximum absolute atomic E-state index is 13.1. The van der Waals surface area contributed by atoms with Gasteiger partial charge in [-0.25, -0.2) is 9.36 Å². The lowest BCUT2D eigenvalue weighted by Crippen LogP contribution is -2.29. The summed E-state index contributed by atoms with van der Waals surface area (Å²) in [4.78, 5) is 22.2. The average Bonchev–Trinajstić information content (AvgIpc) is 3.12. The van der Waals surface area contributed by atoms with Crippen molar-refractivity contribution >= 4 is 28.2 Å². The lowest BCUT2D eigenvalue weighted by molar-refractivity contribution is -0.153. The molecule has 162 valence electrons. The highest BCUT2D eigenvalue weighted by Gasteiger charge is 2.30. The van der Waals surface area contributed by atoms with Crippen LogP contribution in [-0.4, -0.2) is 49.8 Å². The molecule has 11 heteroatoms. The summed E-state index contributed by atoms with van der Waals surface area (Å²) in [7, 11) is 1.39. The first-order valence-electron chi connectivity index (χ1n) is 8.86. The first kappa shape index (κ1) is 22.5. The van der Waals surface area contributed by atoms with Gasteiger partial charge in [0.05, 0.1) is 16.7 Å². The number of hydrogen-bond acceptors (Lipinski definition) is 5. The minimum Gasteiger partial charge on any atom is -0.609 e. The number of halogens is 3. The van der Waals surface area contributed by atoms with Gasteiger partial charge in [-0.15, -0.1) is 0 Å². The van der Waals surface area contributed by atoms with Crippen molar-refractivity contribution in [2.75, 3.05) is 13.7 Å². The Hall–Kier alpha value is -3.23. The molecule has 3 aromatic rings. The minimum absolute atomic E-state index is 0.0176. The van der Waals surface area contributed by atoms with Gasteiger partial charge in [-0.05, 0) is 25.1 Å². The molecule has 7 nitrogen and oxygen atoms in total. The molecule has 0 aliphatic rings. The molecule has 3 rings (SSSR count). The van der Waals surface area contributed by atoms with Crippen molar-refractivity contribution in [2.24, 2.45) is 0 Å². The van der Waals surface area contributed by atoms with Crippen molar-refractivity contribution < 1.29 is 27.3 Å². The number of carbonyl (C=O) groups excluding carboxylic acids is 1. The summed E-state index contributed by atoms with van der Waals surface area (Å²) in [6, 6.07) is 9.58. The van der Waals surface area contributed by atoms with Crippen LogP contribution in [0.2, 0.25) is 0 Å². The Morgan fingerprint density at radius 1 is 1.35 bits per heavy atom. The summed E-state index contributed by atoms with van der Waals surface area (Å²) in [6.07, 6.45) is 2.09. The van der Waals surface area contributed by atoms with E-state index in [0.29, 0.717) is 16.6 Å². The molecule has 2 aromatic heterocycles. The number of pyridine rings is 1. The SMILES string of the molecule is C#CN(C)C(=O)n1c([S@+]([O-])Cc2nccc(OCC(F)(F)F)c2C)nc2ccccc21. The molecule has 0 fully saturated rings. The van der Waals surface area contributed by atoms with Crippen LogP contribution in [0.4, 0.5) is 18.0 Å². The molecule has 1 amide bonds. The van der Waals surface area contributed by atoms with E-state index in [4.69, 9.17) is 11.2 Å². The summed E-state index contributed by atoms with van der Waals surface area (Å²) in [6.45, 7) is 0.0641. The van der Waals surface area contributed by atoms with Crippen molar-refractivity contribution in [1.29, 1.82) is 0 Å². The van der Waals surface area contributed by atoms with Gasteiger partial charge >= 0.3 is 17.4 Å². The molecule has 0 N–H and O–H groups in total. The number of ether oxygens (including phenoxy) is 1. The summed E-state index contributed by atoms with van der Waals surface area (Å²) in [5, 5.41) is -0.0453. The number of amides is 1. The van der Waals surface area contributed by atoms with E-state index in [9.17, 15) is 22.5 Å². The van der Waals surface area contributed by atoms with Gasteiger partial charge in [-0.2, -0.15) is 18.2 Å². The van der Waals surface area contributed by atoms with Crippen LogP contribution in [-0.2, 0) is 16.9 Å². The zero-order valence-corrected chi connectivity index (χ0v) is 17.3. The van der Waals surface area contributed by atoms with Crippen LogP contribution >= 0.6 is 0 Å². The minimum atomic E-state index is -4.49. The monoisotopic (exact) mass is 450 g/mol. The van der Waals surface area contributed by atoms with Crippen molar-refractivity contribution in [2.45, 2.75) is 24.0 Å². The largest absolute Gasteiger partial charge is 0.609 e. The molecular weight excluding hydrogens is 433 g/mol. The molecule has 31 heavy (non-hydrogen) atoms. The molecule has 0 radical (unpaired) electrons. The number of para-hydroxylation sites is 2. The topological polar surface area (TPSA) is 83.3 Å². The van der Waals surface area contributed by atoms with Gasteiger partial charge < -0.3 is 9.29 Å². The normalized spacial score (nSPS) is 12.4. The van der Waals surface area contributed by atoms with E-state index >= 15 is 0 Å². The zero-order chi connectivity index (χ0) is 22.8. The van der Waals surface area contributed by atoms with E-state index in [2.05, 4.69) is 16.0 Å². The number of alkyl halides is 3. The number of rotatable bonds is 5. The fourth-order valence-corrected chi connectivity index (χ4v) is 4.00. The molecule has 0 aliphatic heterocycles. The summed E-state index contributed by atoms with van der Waals surface area (Å²) in [5.41, 5.74) is 1.44. The highest BCUT2D eigenvalue weighted by Crippen LogP contribution is 2.27. The van der Waals surface area contributed by atoms with Gasteiger partial charge in [0.15, 0.2) is 12.4 Å². The molecule has 2 heterocycles. The Morgan fingerprint density at radius 3 is 2.74 bits per heavy atom. The number of nitrogens with zero attached hydrogens (tertiary/aromatic N) is 4. The third-order valence-corrected chi connectivity index (χ3v) is 5.54. The number of hydrogen-bond donors (Lipinski definition) is 0. The smallest absolute Gasteiger partial charge is 0.422 e. The molecule has 1 aromatic carbocycles. The average molecular weight is 450 g/mol. The highest BCUT2D eigenvalue weighted by molar-refractivity contribution is 7.90. The summed E-state index contributed by atoms with van der Waals surface area (Å²) in [5.74, 6) is -0.207. The molecule has 1 atom stereocenters. The molecule has 0 saturated heterocycles. The summed E-state index contributed by atoms with van der Waals surface area (Å²) >= 11 is -1.86. The number of terminal acetylenes is 1. The van der Waals surface area contributed by atoms with E-state index in [0.717, 1.165) is 9.47 Å². The van der Waals surface area contributed by atoms with Crippen LogP contribution in [0.1, 0.15) is 11.3 Å². The third kappa shape index (κ3) is 4.92. The van der Waals surface area contributed by atoms with Gasteiger partial charge in [-0.3, -0.25) is 9.88 Å². The maximum atomic E-state index is 13.1. The highest BCUT2D eigenvalue weighted by atomic mass is 32.2. The van der Waals surface area contributed by atoms with Crippen LogP contribution in [0.15, 0.2) is 41.7 Å². The molecule has 0 bridgehead atoms. The van der Waals surface area contributed by atoms with Crippen molar-refractivity contribution in [3.63, 3.8) is 0 Å². The molecule has 0 spiro atoms. The van der Waals surface area contributed by atoms with Crippen molar-refractivity contribution in [3.05, 3.63) is 47.8 Å². The Bertz CT molecular complexity index is 1160. The van der Waals surface area contributed by atoms with Crippen molar-refractivity contribution in [1.82, 2.24) is 19.4 Å². The first-order valence-corrected chi connectivity index (χ1v) is 10.2. The van der Waals surface area contributed by atoms with Gasteiger partial charge in [0.2, 0.25) is 0 Å². The number of imidazole rings is 1. The third-order valence-electron chi connectivity index (χ3n) is 4.32. The number of aromatic nitrogens is 3. The standard InChI is InChI=1S/C20H17F3N4O3S/c1-4-26(3)19(28)27-16-8-6-5-7-14(16)25-18(27)31(29)11-15-13(2)17(9-10-24-15)30-12-20(21,22)23/h1,5-10H,11-12H2,2-3H3/t31-/m1/s1. The quantitative estimate of drug-likeness (QED) is 0.338. The van der Waals surface area contributed by atoms with Crippen LogP contribution in [0.3, 0.4) is 0 Å². The Labute approximate surface area is 179 Å². The van der Waals surface area contributed by atoms with Crippen LogP contribution in [0.25, 0.3) is 11.0 Å². The van der Waals surface area contributed by atoms with Gasteiger partial charge in [0, 0.05) is 36.0 Å². The van der Waals surface area contributed by atoms with E-state index < -0.39 is 30.0 Å². The summed E-state index contributed by atoms with van der Waals surface area (Å²) < 4.78 is 56.5. The second-order valence-corrected chi connectivity index (χ2v) is 7.81. The lowest BCUT2D eigenvalue weighted by atomic mass is 10.2. The molecule has 0 saturated carbocycles. The Morgan fingerprint density at radius 2 is 2.06 bits per heavy atom. The predicted molar refractivity (Wildman–Crippen MR) is 108 cm³/mol. The first-order chi connectivity index (χ1) is 14.6. The fraction of sp³-hybridized carbons (Fsp3) is 0.250. The van der Waals surface area contributed by atoms with E-state index in [1.165, 1.54) is 26.2 Å². The van der Waals surface area contributed by atoms with E-state index in [-0.39, 0.29) is 22.4 Å². The number of fused-ring (bicyclic) bond motifs is 1. The van der Waals surface area contributed by atoms with E-state index in [1.807, 2.05) is 0 Å². The fourth-order valence-electron chi connectivity index (χ4n) is 2.76. The second-order valence-electron chi connectivity index (χ2n) is 6.46. The molecule has 0 aliphatic carbocycles. The molecule has 0 unspecified atom stereocenters.